The zero-order chi connectivity index (χ0) is 14.5. The van der Waals surface area contributed by atoms with Gasteiger partial charge >= 0.3 is 0 Å². The average molecular weight is 341 g/mol. The second-order valence-corrected chi connectivity index (χ2v) is 6.20. The Labute approximate surface area is 128 Å². The summed E-state index contributed by atoms with van der Waals surface area (Å²) in [5.74, 6) is 0.675. The number of rotatable bonds is 4. The molecule has 110 valence electrons. The fraction of sp³-hybridized carbons (Fsp3) is 0.533. The molecule has 1 amide bonds. The zero-order valence-electron chi connectivity index (χ0n) is 11.7. The van der Waals surface area contributed by atoms with Crippen molar-refractivity contribution in [1.82, 2.24) is 10.2 Å². The highest BCUT2D eigenvalue weighted by atomic mass is 79.9. The van der Waals surface area contributed by atoms with Gasteiger partial charge in [-0.3, -0.25) is 4.79 Å². The van der Waals surface area contributed by atoms with Crippen molar-refractivity contribution in [3.63, 3.8) is 0 Å². The van der Waals surface area contributed by atoms with Crippen LogP contribution in [0.2, 0.25) is 0 Å². The van der Waals surface area contributed by atoms with E-state index in [1.165, 1.54) is 6.42 Å². The monoisotopic (exact) mass is 340 g/mol. The van der Waals surface area contributed by atoms with Crippen LogP contribution in [0.3, 0.4) is 0 Å². The Morgan fingerprint density at radius 2 is 2.15 bits per heavy atom. The molecule has 1 aromatic rings. The predicted octanol–water partition coefficient (Wildman–Crippen LogP) is 2.62. The number of hydrogen-bond acceptors (Lipinski definition) is 3. The number of halogens is 1. The Morgan fingerprint density at radius 3 is 2.75 bits per heavy atom. The van der Waals surface area contributed by atoms with Gasteiger partial charge < -0.3 is 15.3 Å². The van der Waals surface area contributed by atoms with Crippen molar-refractivity contribution in [2.45, 2.75) is 19.3 Å². The normalized spacial score (nSPS) is 16.4. The highest BCUT2D eigenvalue weighted by molar-refractivity contribution is 9.10. The Balaban J connectivity index is 1.94. The maximum absolute atomic E-state index is 12.4. The average Bonchev–Trinajstić information content (AvgIpc) is 2.45. The molecule has 1 aliphatic heterocycles. The van der Waals surface area contributed by atoms with Crippen molar-refractivity contribution >= 4 is 21.8 Å². The van der Waals surface area contributed by atoms with E-state index >= 15 is 0 Å². The fourth-order valence-corrected chi connectivity index (χ4v) is 2.98. The van der Waals surface area contributed by atoms with E-state index in [9.17, 15) is 9.90 Å². The molecule has 0 bridgehead atoms. The number of nitrogens with one attached hydrogen (secondary N) is 1. The van der Waals surface area contributed by atoms with E-state index in [-0.39, 0.29) is 11.7 Å². The molecule has 0 aliphatic carbocycles. The number of carbonyl (C=O) groups excluding carboxylic acids is 1. The minimum Gasteiger partial charge on any atom is -0.507 e. The number of phenols is 1. The molecular formula is C15H21BrN2O2. The first kappa shape index (κ1) is 15.3. The SMILES string of the molecule is CNCCC1CCN(C(=O)c2ccc(Br)cc2O)CC1. The lowest BCUT2D eigenvalue weighted by Crippen LogP contribution is -2.39. The first-order chi connectivity index (χ1) is 9.61. The summed E-state index contributed by atoms with van der Waals surface area (Å²) in [6.45, 7) is 2.59. The van der Waals surface area contributed by atoms with Crippen LogP contribution in [0.25, 0.3) is 0 Å². The van der Waals surface area contributed by atoms with E-state index in [4.69, 9.17) is 0 Å². The second kappa shape index (κ2) is 7.09. The van der Waals surface area contributed by atoms with E-state index in [0.29, 0.717) is 11.5 Å². The molecule has 1 fully saturated rings. The van der Waals surface area contributed by atoms with E-state index in [1.54, 1.807) is 18.2 Å². The number of carbonyl (C=O) groups is 1. The maximum Gasteiger partial charge on any atom is 0.257 e. The summed E-state index contributed by atoms with van der Waals surface area (Å²) >= 11 is 3.28. The molecule has 5 heteroatoms. The lowest BCUT2D eigenvalue weighted by atomic mass is 9.93. The predicted molar refractivity (Wildman–Crippen MR) is 83.0 cm³/mol. The lowest BCUT2D eigenvalue weighted by Gasteiger charge is -2.32. The van der Waals surface area contributed by atoms with Gasteiger partial charge in [-0.15, -0.1) is 0 Å². The summed E-state index contributed by atoms with van der Waals surface area (Å²) in [6.07, 6.45) is 3.26. The van der Waals surface area contributed by atoms with Crippen molar-refractivity contribution < 1.29 is 9.90 Å². The van der Waals surface area contributed by atoms with E-state index in [2.05, 4.69) is 21.2 Å². The van der Waals surface area contributed by atoms with Gasteiger partial charge in [-0.1, -0.05) is 15.9 Å². The van der Waals surface area contributed by atoms with Crippen molar-refractivity contribution in [1.29, 1.82) is 0 Å². The van der Waals surface area contributed by atoms with E-state index in [1.807, 2.05) is 11.9 Å². The van der Waals surface area contributed by atoms with Crippen LogP contribution >= 0.6 is 15.9 Å². The van der Waals surface area contributed by atoms with Gasteiger partial charge in [-0.05, 0) is 57.0 Å². The Hall–Kier alpha value is -1.07. The number of piperidine rings is 1. The molecule has 2 N–H and O–H groups in total. The third-order valence-electron chi connectivity index (χ3n) is 3.89. The topological polar surface area (TPSA) is 52.6 Å². The number of amides is 1. The van der Waals surface area contributed by atoms with Crippen molar-refractivity contribution in [2.75, 3.05) is 26.7 Å². The minimum absolute atomic E-state index is 0.0432. The van der Waals surface area contributed by atoms with Gasteiger partial charge in [-0.25, -0.2) is 0 Å². The number of hydrogen-bond donors (Lipinski definition) is 2. The molecular weight excluding hydrogens is 320 g/mol. The third kappa shape index (κ3) is 3.73. The first-order valence-electron chi connectivity index (χ1n) is 7.04. The van der Waals surface area contributed by atoms with Crippen LogP contribution in [0.4, 0.5) is 0 Å². The quantitative estimate of drug-likeness (QED) is 0.885. The van der Waals surface area contributed by atoms with Crippen molar-refractivity contribution in [2.24, 2.45) is 5.92 Å². The molecule has 0 aromatic heterocycles. The highest BCUT2D eigenvalue weighted by Crippen LogP contribution is 2.26. The largest absolute Gasteiger partial charge is 0.507 e. The summed E-state index contributed by atoms with van der Waals surface area (Å²) in [6, 6.07) is 5.02. The van der Waals surface area contributed by atoms with Gasteiger partial charge in [0.15, 0.2) is 0 Å². The highest BCUT2D eigenvalue weighted by Gasteiger charge is 2.24. The van der Waals surface area contributed by atoms with Gasteiger partial charge in [0.2, 0.25) is 0 Å². The summed E-state index contributed by atoms with van der Waals surface area (Å²) in [5.41, 5.74) is 0.391. The van der Waals surface area contributed by atoms with Crippen LogP contribution in [0.5, 0.6) is 5.75 Å². The number of benzene rings is 1. The number of likely N-dealkylation sites (tertiary alicyclic amines) is 1. The smallest absolute Gasteiger partial charge is 0.257 e. The third-order valence-corrected chi connectivity index (χ3v) is 4.39. The molecule has 0 unspecified atom stereocenters. The van der Waals surface area contributed by atoms with Crippen LogP contribution in [0.1, 0.15) is 29.6 Å². The molecule has 1 aromatic carbocycles. The van der Waals surface area contributed by atoms with Gasteiger partial charge in [0.1, 0.15) is 5.75 Å². The number of nitrogens with zero attached hydrogens (tertiary/aromatic N) is 1. The lowest BCUT2D eigenvalue weighted by molar-refractivity contribution is 0.0684. The van der Waals surface area contributed by atoms with Gasteiger partial charge in [0, 0.05) is 17.6 Å². The summed E-state index contributed by atoms with van der Waals surface area (Å²) < 4.78 is 0.775. The molecule has 0 atom stereocenters. The number of aromatic hydroxyl groups is 1. The van der Waals surface area contributed by atoms with Crippen LogP contribution in [-0.4, -0.2) is 42.6 Å². The summed E-state index contributed by atoms with van der Waals surface area (Å²) in [7, 11) is 1.97. The van der Waals surface area contributed by atoms with Crippen LogP contribution in [-0.2, 0) is 0 Å². The standard InChI is InChI=1S/C15H21BrN2O2/c1-17-7-4-11-5-8-18(9-6-11)15(20)13-3-2-12(16)10-14(13)19/h2-3,10-11,17,19H,4-9H2,1H3. The van der Waals surface area contributed by atoms with Crippen LogP contribution in [0.15, 0.2) is 22.7 Å². The molecule has 1 aliphatic rings. The van der Waals surface area contributed by atoms with Crippen LogP contribution in [0, 0.1) is 5.92 Å². The Kier molecular flexibility index (Phi) is 5.43. The molecule has 1 saturated heterocycles. The molecule has 0 saturated carbocycles. The van der Waals surface area contributed by atoms with Gasteiger partial charge in [-0.2, -0.15) is 0 Å². The summed E-state index contributed by atoms with van der Waals surface area (Å²) in [4.78, 5) is 14.2. The number of phenolic OH excluding ortho intramolecular Hbond substituents is 1. The van der Waals surface area contributed by atoms with Gasteiger partial charge in [0.25, 0.3) is 5.91 Å². The summed E-state index contributed by atoms with van der Waals surface area (Å²) in [5, 5.41) is 13.0. The maximum atomic E-state index is 12.4. The van der Waals surface area contributed by atoms with Crippen LogP contribution < -0.4 is 5.32 Å². The van der Waals surface area contributed by atoms with E-state index in [0.717, 1.165) is 36.9 Å². The molecule has 1 heterocycles. The molecule has 0 radical (unpaired) electrons. The Bertz CT molecular complexity index is 471. The Morgan fingerprint density at radius 1 is 1.45 bits per heavy atom. The van der Waals surface area contributed by atoms with Gasteiger partial charge in [0.05, 0.1) is 5.56 Å². The molecule has 2 rings (SSSR count). The first-order valence-corrected chi connectivity index (χ1v) is 7.83. The molecule has 4 nitrogen and oxygen atoms in total. The van der Waals surface area contributed by atoms with Crippen molar-refractivity contribution in [3.8, 4) is 5.75 Å². The van der Waals surface area contributed by atoms with E-state index < -0.39 is 0 Å². The minimum atomic E-state index is -0.0675. The zero-order valence-corrected chi connectivity index (χ0v) is 13.3. The molecule has 0 spiro atoms. The molecule has 20 heavy (non-hydrogen) atoms. The van der Waals surface area contributed by atoms with Crippen molar-refractivity contribution in [3.05, 3.63) is 28.2 Å². The second-order valence-electron chi connectivity index (χ2n) is 5.29. The fourth-order valence-electron chi connectivity index (χ4n) is 2.63.